The fraction of sp³-hybridized carbons (Fsp3) is 0.350. The first-order chi connectivity index (χ1) is 12.1. The molecule has 0 radical (unpaired) electrons. The van der Waals surface area contributed by atoms with Crippen molar-refractivity contribution >= 4 is 5.97 Å². The van der Waals surface area contributed by atoms with E-state index in [0.717, 1.165) is 24.0 Å². The fourth-order valence-electron chi connectivity index (χ4n) is 2.73. The Morgan fingerprint density at radius 2 is 1.52 bits per heavy atom. The van der Waals surface area contributed by atoms with Crippen LogP contribution in [0.4, 0.5) is 0 Å². The molecule has 0 saturated carbocycles. The molecule has 0 aliphatic heterocycles. The zero-order valence-electron chi connectivity index (χ0n) is 14.9. The van der Waals surface area contributed by atoms with Gasteiger partial charge in [0.1, 0.15) is 17.2 Å². The standard InChI is InChI=1S/C20H24O5/c1-23-16-12-17(24-2)20(18(13-16)25-3)15-10-8-14(9-11-15)6-4-5-7-19(21)22/h8-13H,4-7H2,1-3H3,(H,21,22). The van der Waals surface area contributed by atoms with Crippen molar-refractivity contribution < 1.29 is 24.1 Å². The number of rotatable bonds is 9. The maximum atomic E-state index is 10.5. The number of carboxylic acid groups (broad SMARTS) is 1. The van der Waals surface area contributed by atoms with Crippen molar-refractivity contribution in [2.75, 3.05) is 21.3 Å². The van der Waals surface area contributed by atoms with Gasteiger partial charge in [-0.1, -0.05) is 24.3 Å². The minimum Gasteiger partial charge on any atom is -0.496 e. The van der Waals surface area contributed by atoms with E-state index in [4.69, 9.17) is 19.3 Å². The highest BCUT2D eigenvalue weighted by Gasteiger charge is 2.15. The molecule has 25 heavy (non-hydrogen) atoms. The van der Waals surface area contributed by atoms with Crippen molar-refractivity contribution in [3.05, 3.63) is 42.0 Å². The molecule has 1 N–H and O–H groups in total. The molecule has 0 saturated heterocycles. The van der Waals surface area contributed by atoms with E-state index in [1.54, 1.807) is 21.3 Å². The molecule has 0 amide bonds. The third kappa shape index (κ3) is 4.89. The first-order valence-corrected chi connectivity index (χ1v) is 8.20. The number of ether oxygens (including phenoxy) is 3. The normalized spacial score (nSPS) is 10.4. The molecular formula is C20H24O5. The average molecular weight is 344 g/mol. The van der Waals surface area contributed by atoms with Gasteiger partial charge in [-0.05, 0) is 30.4 Å². The Labute approximate surface area is 148 Å². The van der Waals surface area contributed by atoms with Crippen molar-refractivity contribution in [3.63, 3.8) is 0 Å². The number of benzene rings is 2. The van der Waals surface area contributed by atoms with Crippen LogP contribution in [0.1, 0.15) is 24.8 Å². The molecule has 5 nitrogen and oxygen atoms in total. The second-order valence-corrected chi connectivity index (χ2v) is 5.70. The molecule has 134 valence electrons. The second-order valence-electron chi connectivity index (χ2n) is 5.70. The van der Waals surface area contributed by atoms with E-state index < -0.39 is 5.97 Å². The van der Waals surface area contributed by atoms with Crippen LogP contribution in [-0.4, -0.2) is 32.4 Å². The molecule has 2 rings (SSSR count). The van der Waals surface area contributed by atoms with Gasteiger partial charge in [0.25, 0.3) is 0 Å². The highest BCUT2D eigenvalue weighted by Crippen LogP contribution is 2.41. The Morgan fingerprint density at radius 1 is 0.920 bits per heavy atom. The van der Waals surface area contributed by atoms with Crippen LogP contribution in [0.2, 0.25) is 0 Å². The molecular weight excluding hydrogens is 320 g/mol. The lowest BCUT2D eigenvalue weighted by Crippen LogP contribution is -1.96. The highest BCUT2D eigenvalue weighted by molar-refractivity contribution is 5.78. The van der Waals surface area contributed by atoms with Crippen molar-refractivity contribution in [2.24, 2.45) is 0 Å². The lowest BCUT2D eigenvalue weighted by Gasteiger charge is -2.15. The third-order valence-corrected chi connectivity index (χ3v) is 4.06. The zero-order valence-corrected chi connectivity index (χ0v) is 14.9. The van der Waals surface area contributed by atoms with Gasteiger partial charge in [-0.3, -0.25) is 4.79 Å². The molecule has 0 aliphatic carbocycles. The molecule has 0 heterocycles. The smallest absolute Gasteiger partial charge is 0.303 e. The number of hydrogen-bond acceptors (Lipinski definition) is 4. The Morgan fingerprint density at radius 3 is 2.00 bits per heavy atom. The summed E-state index contributed by atoms with van der Waals surface area (Å²) in [6, 6.07) is 11.8. The second kappa shape index (κ2) is 8.97. The molecule has 2 aromatic rings. The number of aliphatic carboxylic acids is 1. The lowest BCUT2D eigenvalue weighted by molar-refractivity contribution is -0.137. The van der Waals surface area contributed by atoms with Gasteiger partial charge in [0.05, 0.1) is 26.9 Å². The topological polar surface area (TPSA) is 65.0 Å². The largest absolute Gasteiger partial charge is 0.496 e. The van der Waals surface area contributed by atoms with E-state index in [9.17, 15) is 4.79 Å². The van der Waals surface area contributed by atoms with Gasteiger partial charge in [-0.15, -0.1) is 0 Å². The number of carboxylic acids is 1. The maximum absolute atomic E-state index is 10.5. The zero-order chi connectivity index (χ0) is 18.2. The number of methoxy groups -OCH3 is 3. The summed E-state index contributed by atoms with van der Waals surface area (Å²) in [5.74, 6) is 1.30. The van der Waals surface area contributed by atoms with E-state index in [0.29, 0.717) is 23.7 Å². The van der Waals surface area contributed by atoms with Crippen molar-refractivity contribution in [1.82, 2.24) is 0 Å². The fourth-order valence-corrected chi connectivity index (χ4v) is 2.73. The summed E-state index contributed by atoms with van der Waals surface area (Å²) in [4.78, 5) is 10.5. The van der Waals surface area contributed by atoms with Gasteiger partial charge in [0.15, 0.2) is 0 Å². The molecule has 0 unspecified atom stereocenters. The number of carbonyl (C=O) groups is 1. The van der Waals surface area contributed by atoms with Gasteiger partial charge >= 0.3 is 5.97 Å². The SMILES string of the molecule is COc1cc(OC)c(-c2ccc(CCCCC(=O)O)cc2)c(OC)c1. The average Bonchev–Trinajstić information content (AvgIpc) is 2.64. The Bertz CT molecular complexity index is 682. The lowest BCUT2D eigenvalue weighted by atomic mass is 9.99. The number of unbranched alkanes of at least 4 members (excludes halogenated alkanes) is 1. The Hall–Kier alpha value is -2.69. The van der Waals surface area contributed by atoms with Crippen molar-refractivity contribution in [3.8, 4) is 28.4 Å². The Kier molecular flexibility index (Phi) is 6.69. The summed E-state index contributed by atoms with van der Waals surface area (Å²) in [5, 5.41) is 8.68. The van der Waals surface area contributed by atoms with Crippen LogP contribution in [-0.2, 0) is 11.2 Å². The summed E-state index contributed by atoms with van der Waals surface area (Å²) in [7, 11) is 4.84. The van der Waals surface area contributed by atoms with Crippen LogP contribution in [0.25, 0.3) is 11.1 Å². The van der Waals surface area contributed by atoms with Crippen LogP contribution in [0, 0.1) is 0 Å². The van der Waals surface area contributed by atoms with Gasteiger partial charge in [0.2, 0.25) is 0 Å². The summed E-state index contributed by atoms with van der Waals surface area (Å²) in [5.41, 5.74) is 3.05. The van der Waals surface area contributed by atoms with E-state index in [-0.39, 0.29) is 6.42 Å². The van der Waals surface area contributed by atoms with Gasteiger partial charge in [0, 0.05) is 18.6 Å². The van der Waals surface area contributed by atoms with E-state index in [2.05, 4.69) is 12.1 Å². The maximum Gasteiger partial charge on any atom is 0.303 e. The van der Waals surface area contributed by atoms with Crippen LogP contribution >= 0.6 is 0 Å². The summed E-state index contributed by atoms with van der Waals surface area (Å²) in [6.07, 6.45) is 2.64. The summed E-state index contributed by atoms with van der Waals surface area (Å²) >= 11 is 0. The van der Waals surface area contributed by atoms with Crippen LogP contribution < -0.4 is 14.2 Å². The molecule has 0 bridgehead atoms. The Balaban J connectivity index is 2.20. The molecule has 0 aliphatic rings. The van der Waals surface area contributed by atoms with Crippen molar-refractivity contribution in [1.29, 1.82) is 0 Å². The molecule has 0 aromatic heterocycles. The summed E-state index contributed by atoms with van der Waals surface area (Å²) in [6.45, 7) is 0. The van der Waals surface area contributed by atoms with E-state index in [1.807, 2.05) is 24.3 Å². The number of hydrogen-bond donors (Lipinski definition) is 1. The van der Waals surface area contributed by atoms with Crippen molar-refractivity contribution in [2.45, 2.75) is 25.7 Å². The minimum absolute atomic E-state index is 0.221. The van der Waals surface area contributed by atoms with Gasteiger partial charge in [-0.25, -0.2) is 0 Å². The van der Waals surface area contributed by atoms with E-state index >= 15 is 0 Å². The van der Waals surface area contributed by atoms with Crippen LogP contribution in [0.5, 0.6) is 17.2 Å². The highest BCUT2D eigenvalue weighted by atomic mass is 16.5. The first-order valence-electron chi connectivity index (χ1n) is 8.20. The third-order valence-electron chi connectivity index (χ3n) is 4.06. The quantitative estimate of drug-likeness (QED) is 0.692. The molecule has 0 atom stereocenters. The number of aryl methyl sites for hydroxylation is 1. The first kappa shape index (κ1) is 18.6. The molecule has 2 aromatic carbocycles. The predicted octanol–water partition coefficient (Wildman–Crippen LogP) is 4.18. The van der Waals surface area contributed by atoms with Gasteiger partial charge < -0.3 is 19.3 Å². The molecule has 0 spiro atoms. The monoisotopic (exact) mass is 344 g/mol. The summed E-state index contributed by atoms with van der Waals surface area (Å²) < 4.78 is 16.3. The minimum atomic E-state index is -0.742. The molecule has 5 heteroatoms. The van der Waals surface area contributed by atoms with Gasteiger partial charge in [-0.2, -0.15) is 0 Å². The van der Waals surface area contributed by atoms with Crippen LogP contribution in [0.3, 0.4) is 0 Å². The van der Waals surface area contributed by atoms with Crippen LogP contribution in [0.15, 0.2) is 36.4 Å². The van der Waals surface area contributed by atoms with E-state index in [1.165, 1.54) is 5.56 Å². The predicted molar refractivity (Wildman–Crippen MR) is 96.7 cm³/mol. The molecule has 0 fully saturated rings.